The average molecular weight is 437 g/mol. The van der Waals surface area contributed by atoms with Crippen molar-refractivity contribution in [2.45, 2.75) is 32.4 Å². The number of hydrogen-bond acceptors (Lipinski definition) is 7. The molecule has 8 heteroatoms. The maximum absolute atomic E-state index is 13.3. The summed E-state index contributed by atoms with van der Waals surface area (Å²) in [6.07, 6.45) is 0.812. The highest BCUT2D eigenvalue weighted by Gasteiger charge is 2.34. The van der Waals surface area contributed by atoms with E-state index in [0.29, 0.717) is 29.6 Å². The SMILES string of the molecule is CCO[C@H]1Cc2ccccc2[C@H]1Nc1c(C)nc(-c2ccc(OC)nc2OC)c(=O)n1C. The molecule has 0 saturated carbocycles. The Bertz CT molecular complexity index is 1190. The normalized spacial score (nSPS) is 17.2. The molecule has 3 aromatic rings. The van der Waals surface area contributed by atoms with Gasteiger partial charge in [-0.15, -0.1) is 0 Å². The fraction of sp³-hybridized carbons (Fsp3) is 0.375. The van der Waals surface area contributed by atoms with Crippen molar-refractivity contribution in [2.24, 2.45) is 7.05 Å². The number of ether oxygens (including phenoxy) is 3. The van der Waals surface area contributed by atoms with E-state index >= 15 is 0 Å². The minimum absolute atomic E-state index is 0.0162. The molecular formula is C24H28N4O4. The molecule has 0 aliphatic heterocycles. The van der Waals surface area contributed by atoms with Crippen LogP contribution in [-0.4, -0.2) is 41.5 Å². The summed E-state index contributed by atoms with van der Waals surface area (Å²) in [5.41, 5.74) is 3.67. The summed E-state index contributed by atoms with van der Waals surface area (Å²) in [5, 5.41) is 3.54. The van der Waals surface area contributed by atoms with Crippen molar-refractivity contribution in [1.82, 2.24) is 14.5 Å². The van der Waals surface area contributed by atoms with Crippen molar-refractivity contribution < 1.29 is 14.2 Å². The quantitative estimate of drug-likeness (QED) is 0.608. The van der Waals surface area contributed by atoms with Crippen LogP contribution in [0.25, 0.3) is 11.3 Å². The highest BCUT2D eigenvalue weighted by Crippen LogP contribution is 2.36. The first kappa shape index (κ1) is 21.8. The lowest BCUT2D eigenvalue weighted by Gasteiger charge is -2.25. The number of pyridine rings is 1. The Labute approximate surface area is 187 Å². The minimum atomic E-state index is -0.248. The third-order valence-corrected chi connectivity index (χ3v) is 5.81. The predicted molar refractivity (Wildman–Crippen MR) is 122 cm³/mol. The van der Waals surface area contributed by atoms with Gasteiger partial charge < -0.3 is 19.5 Å². The lowest BCUT2D eigenvalue weighted by Crippen LogP contribution is -2.30. The first-order chi connectivity index (χ1) is 15.5. The van der Waals surface area contributed by atoms with Gasteiger partial charge in [0.25, 0.3) is 5.56 Å². The van der Waals surface area contributed by atoms with Gasteiger partial charge >= 0.3 is 0 Å². The molecule has 168 valence electrons. The number of aryl methyl sites for hydroxylation is 1. The van der Waals surface area contributed by atoms with Gasteiger partial charge in [0.2, 0.25) is 11.8 Å². The molecule has 1 aliphatic rings. The van der Waals surface area contributed by atoms with E-state index in [9.17, 15) is 4.79 Å². The van der Waals surface area contributed by atoms with Gasteiger partial charge in [0, 0.05) is 26.1 Å². The molecule has 0 fully saturated rings. The first-order valence-corrected chi connectivity index (χ1v) is 10.6. The number of rotatable bonds is 7. The molecule has 2 aromatic heterocycles. The average Bonchev–Trinajstić information content (AvgIpc) is 3.15. The van der Waals surface area contributed by atoms with Crippen LogP contribution < -0.4 is 20.3 Å². The molecular weight excluding hydrogens is 408 g/mol. The van der Waals surface area contributed by atoms with Gasteiger partial charge in [-0.25, -0.2) is 4.98 Å². The molecule has 1 aliphatic carbocycles. The van der Waals surface area contributed by atoms with Crippen LogP contribution in [0.1, 0.15) is 29.8 Å². The van der Waals surface area contributed by atoms with Crippen LogP contribution in [0.2, 0.25) is 0 Å². The monoisotopic (exact) mass is 436 g/mol. The molecule has 32 heavy (non-hydrogen) atoms. The van der Waals surface area contributed by atoms with E-state index in [0.717, 1.165) is 6.42 Å². The van der Waals surface area contributed by atoms with Gasteiger partial charge in [0.05, 0.1) is 37.6 Å². The topological polar surface area (TPSA) is 87.5 Å². The molecule has 0 radical (unpaired) electrons. The molecule has 1 N–H and O–H groups in total. The number of anilines is 1. The number of hydrogen-bond donors (Lipinski definition) is 1. The van der Waals surface area contributed by atoms with E-state index in [1.807, 2.05) is 26.0 Å². The van der Waals surface area contributed by atoms with Crippen molar-refractivity contribution in [3.8, 4) is 23.0 Å². The summed E-state index contributed by atoms with van der Waals surface area (Å²) in [6.45, 7) is 4.50. The van der Waals surface area contributed by atoms with E-state index in [1.165, 1.54) is 25.3 Å². The number of aromatic nitrogens is 3. The lowest BCUT2D eigenvalue weighted by molar-refractivity contribution is 0.0572. The fourth-order valence-corrected chi connectivity index (χ4v) is 4.27. The van der Waals surface area contributed by atoms with Crippen LogP contribution in [-0.2, 0) is 18.2 Å². The van der Waals surface area contributed by atoms with E-state index in [-0.39, 0.29) is 29.3 Å². The molecule has 4 rings (SSSR count). The summed E-state index contributed by atoms with van der Waals surface area (Å²) in [5.74, 6) is 1.35. The van der Waals surface area contributed by atoms with E-state index in [1.54, 1.807) is 23.7 Å². The van der Waals surface area contributed by atoms with Crippen LogP contribution >= 0.6 is 0 Å². The van der Waals surface area contributed by atoms with Gasteiger partial charge in [-0.3, -0.25) is 9.36 Å². The highest BCUT2D eigenvalue weighted by molar-refractivity contribution is 5.66. The van der Waals surface area contributed by atoms with E-state index in [4.69, 9.17) is 14.2 Å². The molecule has 8 nitrogen and oxygen atoms in total. The number of benzene rings is 1. The predicted octanol–water partition coefficient (Wildman–Crippen LogP) is 3.28. The molecule has 0 bridgehead atoms. The number of nitrogens with zero attached hydrogens (tertiary/aromatic N) is 3. The summed E-state index contributed by atoms with van der Waals surface area (Å²) in [4.78, 5) is 22.2. The van der Waals surface area contributed by atoms with Gasteiger partial charge in [-0.05, 0) is 31.0 Å². The van der Waals surface area contributed by atoms with Gasteiger partial charge in [-0.1, -0.05) is 24.3 Å². The van der Waals surface area contributed by atoms with E-state index in [2.05, 4.69) is 27.4 Å². The Morgan fingerprint density at radius 3 is 2.62 bits per heavy atom. The van der Waals surface area contributed by atoms with Crippen LogP contribution in [0.5, 0.6) is 11.8 Å². The van der Waals surface area contributed by atoms with Crippen molar-refractivity contribution in [3.05, 3.63) is 63.6 Å². The zero-order valence-electron chi connectivity index (χ0n) is 19.0. The molecule has 0 unspecified atom stereocenters. The standard InChI is InChI=1S/C24H28N4O4/c1-6-32-18-13-15-9-7-8-10-16(15)20(18)27-22-14(2)25-21(24(29)28(22)3)17-11-12-19(30-4)26-23(17)31-5/h7-12,18,20,27H,6,13H2,1-5H3/t18-,20+/m0/s1. The van der Waals surface area contributed by atoms with Crippen molar-refractivity contribution in [3.63, 3.8) is 0 Å². The molecule has 2 heterocycles. The Morgan fingerprint density at radius 1 is 1.12 bits per heavy atom. The van der Waals surface area contributed by atoms with Crippen LogP contribution in [0.15, 0.2) is 41.2 Å². The van der Waals surface area contributed by atoms with Crippen LogP contribution in [0, 0.1) is 6.92 Å². The largest absolute Gasteiger partial charge is 0.481 e. The van der Waals surface area contributed by atoms with Crippen molar-refractivity contribution in [1.29, 1.82) is 0 Å². The summed E-state index contributed by atoms with van der Waals surface area (Å²) in [6, 6.07) is 11.6. The second-order valence-electron chi connectivity index (χ2n) is 7.69. The first-order valence-electron chi connectivity index (χ1n) is 10.6. The molecule has 0 saturated heterocycles. The summed E-state index contributed by atoms with van der Waals surface area (Å²) < 4.78 is 18.2. The molecule has 0 spiro atoms. The third kappa shape index (κ3) is 3.82. The molecule has 1 aromatic carbocycles. The Balaban J connectivity index is 1.75. The van der Waals surface area contributed by atoms with Gasteiger partial charge in [0.15, 0.2) is 0 Å². The second-order valence-corrected chi connectivity index (χ2v) is 7.69. The minimum Gasteiger partial charge on any atom is -0.481 e. The highest BCUT2D eigenvalue weighted by atomic mass is 16.5. The van der Waals surface area contributed by atoms with Gasteiger partial charge in [0.1, 0.15) is 11.5 Å². The number of fused-ring (bicyclic) bond motifs is 1. The Morgan fingerprint density at radius 2 is 1.91 bits per heavy atom. The van der Waals surface area contributed by atoms with Crippen LogP contribution in [0.3, 0.4) is 0 Å². The molecule has 0 amide bonds. The third-order valence-electron chi connectivity index (χ3n) is 5.81. The van der Waals surface area contributed by atoms with Crippen molar-refractivity contribution in [2.75, 3.05) is 26.1 Å². The lowest BCUT2D eigenvalue weighted by atomic mass is 10.1. The summed E-state index contributed by atoms with van der Waals surface area (Å²) >= 11 is 0. The van der Waals surface area contributed by atoms with E-state index < -0.39 is 0 Å². The maximum Gasteiger partial charge on any atom is 0.278 e. The zero-order chi connectivity index (χ0) is 22.8. The van der Waals surface area contributed by atoms with Crippen LogP contribution in [0.4, 0.5) is 5.82 Å². The number of methoxy groups -OCH3 is 2. The van der Waals surface area contributed by atoms with Crippen molar-refractivity contribution >= 4 is 5.82 Å². The maximum atomic E-state index is 13.3. The zero-order valence-corrected chi connectivity index (χ0v) is 19.0. The Kier molecular flexibility index (Phi) is 6.14. The second kappa shape index (κ2) is 9.00. The summed E-state index contributed by atoms with van der Waals surface area (Å²) in [7, 11) is 4.77. The number of nitrogens with one attached hydrogen (secondary N) is 1. The molecule has 2 atom stereocenters. The smallest absolute Gasteiger partial charge is 0.278 e. The Hall–Kier alpha value is -3.39. The fourth-order valence-electron chi connectivity index (χ4n) is 4.27. The van der Waals surface area contributed by atoms with Gasteiger partial charge in [-0.2, -0.15) is 4.98 Å².